The third-order valence-electron chi connectivity index (χ3n) is 9.42. The first-order chi connectivity index (χ1) is 19.7. The second kappa shape index (κ2) is 12.2. The number of hydrogen-bond acceptors (Lipinski definition) is 8. The molecule has 0 aliphatic carbocycles. The molecule has 41 heavy (non-hydrogen) atoms. The van der Waals surface area contributed by atoms with Crippen LogP contribution in [-0.2, 0) is 23.9 Å². The molecule has 4 heterocycles. The molecule has 0 aromatic heterocycles. The number of carbonyl (C=O) groups excluding carboxylic acids is 3. The number of rotatable bonds is 12. The average Bonchev–Trinajstić information content (AvgIpc) is 3.47. The van der Waals surface area contributed by atoms with Gasteiger partial charge in [-0.05, 0) is 63.3 Å². The minimum atomic E-state index is -1.09. The number of unbranched alkanes of at least 4 members (excludes halogenated alkanes) is 1. The third-order valence-corrected chi connectivity index (χ3v) is 9.42. The molecular formula is C30H44N4O7. The Kier molecular flexibility index (Phi) is 8.89. The summed E-state index contributed by atoms with van der Waals surface area (Å²) >= 11 is 0. The largest absolute Gasteiger partial charge is 0.494 e. The Morgan fingerprint density at radius 2 is 1.85 bits per heavy atom. The quantitative estimate of drug-likeness (QED) is 0.319. The number of carbonyl (C=O) groups is 3. The molecule has 4 fully saturated rings. The zero-order valence-electron chi connectivity index (χ0n) is 24.4. The summed E-state index contributed by atoms with van der Waals surface area (Å²) in [5.41, 5.74) is -1.37. The van der Waals surface area contributed by atoms with Gasteiger partial charge >= 0.3 is 0 Å². The predicted molar refractivity (Wildman–Crippen MR) is 151 cm³/mol. The van der Waals surface area contributed by atoms with Crippen LogP contribution < -0.4 is 15.4 Å². The molecule has 1 aromatic carbocycles. The van der Waals surface area contributed by atoms with Crippen LogP contribution in [0, 0.1) is 17.8 Å². The standard InChI is InChI=1S/C30H44N4O7/c1-4-40-22-9-7-21(8-10-22)32-26(36)23-24-28(38)34(12-5-6-16-35)25(30(24)19-20(2)29(23,3)41-30)27(37)31-11-13-33-14-17-39-18-15-33/h7-10,20,23-25,35H,4-6,11-19H2,1-3H3,(H,31,37)(H,32,36)/t20?,23-,24+,25?,29+,30?/m1/s1. The number of anilines is 1. The zero-order valence-corrected chi connectivity index (χ0v) is 24.4. The first-order valence-electron chi connectivity index (χ1n) is 15.0. The first kappa shape index (κ1) is 29.8. The minimum absolute atomic E-state index is 0.00569. The van der Waals surface area contributed by atoms with Crippen LogP contribution in [0.15, 0.2) is 24.3 Å². The van der Waals surface area contributed by atoms with E-state index in [0.29, 0.717) is 70.2 Å². The Hall–Kier alpha value is -2.73. The molecule has 2 bridgehead atoms. The lowest BCUT2D eigenvalue weighted by Gasteiger charge is -2.36. The van der Waals surface area contributed by atoms with E-state index in [-0.39, 0.29) is 30.2 Å². The number of amides is 3. The Morgan fingerprint density at radius 3 is 2.54 bits per heavy atom. The number of hydrogen-bond donors (Lipinski definition) is 3. The lowest BCUT2D eigenvalue weighted by molar-refractivity contribution is -0.146. The van der Waals surface area contributed by atoms with Gasteiger partial charge < -0.3 is 34.9 Å². The van der Waals surface area contributed by atoms with Gasteiger partial charge in [-0.1, -0.05) is 6.92 Å². The number of aliphatic hydroxyl groups is 1. The fourth-order valence-electron chi connectivity index (χ4n) is 7.35. The number of likely N-dealkylation sites (tertiary alicyclic amines) is 1. The van der Waals surface area contributed by atoms with E-state index in [9.17, 15) is 19.5 Å². The highest BCUT2D eigenvalue weighted by molar-refractivity contribution is 6.02. The van der Waals surface area contributed by atoms with Crippen LogP contribution in [0.5, 0.6) is 5.75 Å². The molecule has 6 atom stereocenters. The van der Waals surface area contributed by atoms with Crippen LogP contribution >= 0.6 is 0 Å². The average molecular weight is 573 g/mol. The van der Waals surface area contributed by atoms with E-state index in [2.05, 4.69) is 15.5 Å². The van der Waals surface area contributed by atoms with E-state index < -0.39 is 29.1 Å². The number of aliphatic hydroxyl groups excluding tert-OH is 1. The summed E-state index contributed by atoms with van der Waals surface area (Å²) in [6.07, 6.45) is 1.59. The number of benzene rings is 1. The predicted octanol–water partition coefficient (Wildman–Crippen LogP) is 1.26. The molecular weight excluding hydrogens is 528 g/mol. The number of nitrogens with zero attached hydrogens (tertiary/aromatic N) is 2. The molecule has 3 N–H and O–H groups in total. The molecule has 11 heteroatoms. The van der Waals surface area contributed by atoms with Gasteiger partial charge in [0, 0.05) is 45.0 Å². The van der Waals surface area contributed by atoms with Gasteiger partial charge in [0.25, 0.3) is 0 Å². The van der Waals surface area contributed by atoms with Crippen LogP contribution in [-0.4, -0.2) is 109 Å². The van der Waals surface area contributed by atoms with Crippen molar-refractivity contribution in [2.45, 2.75) is 57.3 Å². The molecule has 3 amide bonds. The molecule has 4 saturated heterocycles. The summed E-state index contributed by atoms with van der Waals surface area (Å²) < 4.78 is 17.7. The second-order valence-electron chi connectivity index (χ2n) is 11.9. The van der Waals surface area contributed by atoms with Crippen molar-refractivity contribution in [3.05, 3.63) is 24.3 Å². The molecule has 5 rings (SSSR count). The Labute approximate surface area is 241 Å². The van der Waals surface area contributed by atoms with E-state index in [1.807, 2.05) is 20.8 Å². The van der Waals surface area contributed by atoms with Crippen molar-refractivity contribution in [2.75, 3.05) is 64.5 Å². The van der Waals surface area contributed by atoms with E-state index in [1.54, 1.807) is 29.2 Å². The molecule has 1 spiro atoms. The van der Waals surface area contributed by atoms with Crippen LogP contribution in [0.3, 0.4) is 0 Å². The summed E-state index contributed by atoms with van der Waals surface area (Å²) in [6, 6.07) is 6.31. The minimum Gasteiger partial charge on any atom is -0.494 e. The Balaban J connectivity index is 1.38. The smallest absolute Gasteiger partial charge is 0.245 e. The third kappa shape index (κ3) is 5.45. The Bertz CT molecular complexity index is 1110. The maximum Gasteiger partial charge on any atom is 0.245 e. The monoisotopic (exact) mass is 572 g/mol. The van der Waals surface area contributed by atoms with E-state index >= 15 is 0 Å². The second-order valence-corrected chi connectivity index (χ2v) is 11.9. The maximum absolute atomic E-state index is 14.1. The molecule has 11 nitrogen and oxygen atoms in total. The lowest BCUT2D eigenvalue weighted by Crippen LogP contribution is -2.56. The van der Waals surface area contributed by atoms with Gasteiger partial charge in [0.2, 0.25) is 17.7 Å². The van der Waals surface area contributed by atoms with E-state index in [4.69, 9.17) is 14.2 Å². The number of fused-ring (bicyclic) bond motifs is 1. The molecule has 4 aliphatic heterocycles. The fourth-order valence-corrected chi connectivity index (χ4v) is 7.35. The van der Waals surface area contributed by atoms with Crippen LogP contribution in [0.1, 0.15) is 40.0 Å². The molecule has 226 valence electrons. The lowest BCUT2D eigenvalue weighted by atomic mass is 9.62. The van der Waals surface area contributed by atoms with Gasteiger partial charge in [-0.25, -0.2) is 0 Å². The molecule has 0 saturated carbocycles. The van der Waals surface area contributed by atoms with Crippen LogP contribution in [0.2, 0.25) is 0 Å². The van der Waals surface area contributed by atoms with Crippen molar-refractivity contribution in [1.29, 1.82) is 0 Å². The van der Waals surface area contributed by atoms with Crippen molar-refractivity contribution in [3.8, 4) is 5.75 Å². The molecule has 1 aromatic rings. The summed E-state index contributed by atoms with van der Waals surface area (Å²) in [6.45, 7) is 10.9. The Morgan fingerprint density at radius 1 is 1.12 bits per heavy atom. The molecule has 3 unspecified atom stereocenters. The van der Waals surface area contributed by atoms with Gasteiger partial charge in [-0.15, -0.1) is 0 Å². The maximum atomic E-state index is 14.1. The van der Waals surface area contributed by atoms with Crippen molar-refractivity contribution < 1.29 is 33.7 Å². The summed E-state index contributed by atoms with van der Waals surface area (Å²) in [5, 5.41) is 15.4. The fraction of sp³-hybridized carbons (Fsp3) is 0.700. The highest BCUT2D eigenvalue weighted by Crippen LogP contribution is 2.65. The molecule has 4 aliphatic rings. The summed E-state index contributed by atoms with van der Waals surface area (Å²) in [5.74, 6) is -1.61. The summed E-state index contributed by atoms with van der Waals surface area (Å²) in [7, 11) is 0. The van der Waals surface area contributed by atoms with Crippen LogP contribution in [0.25, 0.3) is 0 Å². The highest BCUT2D eigenvalue weighted by Gasteiger charge is 2.79. The topological polar surface area (TPSA) is 130 Å². The number of ether oxygens (including phenoxy) is 3. The number of nitrogens with one attached hydrogen (secondary N) is 2. The van der Waals surface area contributed by atoms with Gasteiger partial charge in [-0.3, -0.25) is 19.3 Å². The van der Waals surface area contributed by atoms with Crippen LogP contribution in [0.4, 0.5) is 5.69 Å². The zero-order chi connectivity index (χ0) is 29.2. The van der Waals surface area contributed by atoms with Crippen molar-refractivity contribution in [3.63, 3.8) is 0 Å². The van der Waals surface area contributed by atoms with Gasteiger partial charge in [0.1, 0.15) is 17.4 Å². The van der Waals surface area contributed by atoms with E-state index in [1.165, 1.54) is 0 Å². The highest BCUT2D eigenvalue weighted by atomic mass is 16.5. The number of morpholine rings is 1. The van der Waals surface area contributed by atoms with Gasteiger partial charge in [-0.2, -0.15) is 0 Å². The van der Waals surface area contributed by atoms with Crippen molar-refractivity contribution >= 4 is 23.4 Å². The van der Waals surface area contributed by atoms with E-state index in [0.717, 1.165) is 13.1 Å². The SMILES string of the molecule is CCOc1ccc(NC(=O)[C@H]2[C@H]3C(=O)N(CCCCO)C(C(=O)NCCN4CCOCC4)C34CC(C)[C@]2(C)O4)cc1. The van der Waals surface area contributed by atoms with Crippen molar-refractivity contribution in [2.24, 2.45) is 17.8 Å². The summed E-state index contributed by atoms with van der Waals surface area (Å²) in [4.78, 5) is 45.7. The normalized spacial score (nSPS) is 32.7. The van der Waals surface area contributed by atoms with Gasteiger partial charge in [0.15, 0.2) is 0 Å². The van der Waals surface area contributed by atoms with Crippen molar-refractivity contribution in [1.82, 2.24) is 15.1 Å². The first-order valence-corrected chi connectivity index (χ1v) is 15.0. The molecule has 0 radical (unpaired) electrons. The van der Waals surface area contributed by atoms with Gasteiger partial charge in [0.05, 0.1) is 37.3 Å².